The number of carbonyl (C=O) groups is 1. The van der Waals surface area contributed by atoms with Gasteiger partial charge in [-0.1, -0.05) is 11.6 Å². The average molecular weight is 347 g/mol. The molecule has 9 heteroatoms. The molecule has 0 spiro atoms. The van der Waals surface area contributed by atoms with Gasteiger partial charge < -0.3 is 4.90 Å². The highest BCUT2D eigenvalue weighted by molar-refractivity contribution is 7.91. The Hall–Kier alpha value is -1.67. The van der Waals surface area contributed by atoms with Gasteiger partial charge in [-0.15, -0.1) is 0 Å². The summed E-state index contributed by atoms with van der Waals surface area (Å²) >= 11 is 5.72. The van der Waals surface area contributed by atoms with Crippen molar-refractivity contribution in [1.29, 1.82) is 0 Å². The summed E-state index contributed by atoms with van der Waals surface area (Å²) in [6.07, 6.45) is 0.341. The second-order valence-corrected chi connectivity index (χ2v) is 8.22. The number of nitro benzene ring substituents is 1. The van der Waals surface area contributed by atoms with E-state index in [0.717, 1.165) is 6.07 Å². The maximum atomic E-state index is 12.5. The molecule has 1 aliphatic heterocycles. The van der Waals surface area contributed by atoms with Gasteiger partial charge in [0.25, 0.3) is 11.6 Å². The van der Waals surface area contributed by atoms with E-state index < -0.39 is 26.2 Å². The molecule has 0 aliphatic carbocycles. The van der Waals surface area contributed by atoms with Crippen LogP contribution in [0.4, 0.5) is 5.69 Å². The van der Waals surface area contributed by atoms with Gasteiger partial charge >= 0.3 is 0 Å². The lowest BCUT2D eigenvalue weighted by atomic mass is 9.99. The van der Waals surface area contributed by atoms with E-state index in [9.17, 15) is 23.3 Å². The first-order valence-corrected chi connectivity index (χ1v) is 8.68. The molecule has 22 heavy (non-hydrogen) atoms. The minimum atomic E-state index is -3.17. The molecule has 1 amide bonds. The van der Waals surface area contributed by atoms with Crippen LogP contribution in [0.3, 0.4) is 0 Å². The van der Waals surface area contributed by atoms with Crippen LogP contribution in [0.5, 0.6) is 0 Å². The van der Waals surface area contributed by atoms with Crippen molar-refractivity contribution in [3.05, 3.63) is 38.9 Å². The first-order valence-electron chi connectivity index (χ1n) is 6.48. The highest BCUT2D eigenvalue weighted by atomic mass is 35.5. The Kier molecular flexibility index (Phi) is 4.18. The third kappa shape index (κ3) is 3.07. The highest BCUT2D eigenvalue weighted by Crippen LogP contribution is 2.31. The van der Waals surface area contributed by atoms with Gasteiger partial charge in [0.1, 0.15) is 5.02 Å². The molecule has 1 aromatic carbocycles. The number of nitro groups is 1. The minimum Gasteiger partial charge on any atom is -0.335 e. The summed E-state index contributed by atoms with van der Waals surface area (Å²) in [7, 11) is -1.66. The topological polar surface area (TPSA) is 97.6 Å². The standard InChI is InChI=1S/C13H15ClN2O5S/c1-13(5-6-22(20,21)8-13)15(2)12(17)9-3-4-10(14)11(7-9)16(18)19/h3-4,7H,5-6,8H2,1-2H3/t13-/m1/s1. The maximum Gasteiger partial charge on any atom is 0.288 e. The van der Waals surface area contributed by atoms with Gasteiger partial charge in [-0.05, 0) is 25.5 Å². The van der Waals surface area contributed by atoms with Crippen LogP contribution in [0.2, 0.25) is 5.02 Å². The lowest BCUT2D eigenvalue weighted by Gasteiger charge is -2.34. The van der Waals surface area contributed by atoms with Crippen LogP contribution in [0.1, 0.15) is 23.7 Å². The number of hydrogen-bond donors (Lipinski definition) is 0. The predicted molar refractivity (Wildman–Crippen MR) is 81.9 cm³/mol. The Morgan fingerprint density at radius 1 is 1.45 bits per heavy atom. The molecule has 1 atom stereocenters. The van der Waals surface area contributed by atoms with Crippen molar-refractivity contribution in [3.63, 3.8) is 0 Å². The molecule has 1 heterocycles. The molecule has 0 saturated carbocycles. The van der Waals surface area contributed by atoms with Crippen molar-refractivity contribution in [2.24, 2.45) is 0 Å². The quantitative estimate of drug-likeness (QED) is 0.615. The van der Waals surface area contributed by atoms with Crippen LogP contribution in [0.25, 0.3) is 0 Å². The number of nitrogens with zero attached hydrogens (tertiary/aromatic N) is 2. The number of sulfone groups is 1. The lowest BCUT2D eigenvalue weighted by Crippen LogP contribution is -2.48. The van der Waals surface area contributed by atoms with E-state index in [-0.39, 0.29) is 27.8 Å². The second-order valence-electron chi connectivity index (χ2n) is 5.63. The summed E-state index contributed by atoms with van der Waals surface area (Å²) < 4.78 is 23.3. The van der Waals surface area contributed by atoms with E-state index in [4.69, 9.17) is 11.6 Å². The van der Waals surface area contributed by atoms with Crippen molar-refractivity contribution in [1.82, 2.24) is 4.90 Å². The Labute approximate surface area is 132 Å². The molecule has 0 N–H and O–H groups in total. The molecule has 0 radical (unpaired) electrons. The second kappa shape index (κ2) is 5.51. The molecule has 120 valence electrons. The predicted octanol–water partition coefficient (Wildman–Crippen LogP) is 1.90. The van der Waals surface area contributed by atoms with Gasteiger partial charge in [0.05, 0.1) is 22.0 Å². The fraction of sp³-hybridized carbons (Fsp3) is 0.462. The first-order chi connectivity index (χ1) is 10.1. The third-order valence-corrected chi connectivity index (χ3v) is 6.19. The smallest absolute Gasteiger partial charge is 0.288 e. The SMILES string of the molecule is CN(C(=O)c1ccc(Cl)c([N+](=O)[O-])c1)[C@]1(C)CCS(=O)(=O)C1. The van der Waals surface area contributed by atoms with E-state index in [1.165, 1.54) is 24.1 Å². The number of carbonyl (C=O) groups excluding carboxylic acids is 1. The van der Waals surface area contributed by atoms with E-state index in [2.05, 4.69) is 0 Å². The Balaban J connectivity index is 2.32. The molecule has 1 fully saturated rings. The summed E-state index contributed by atoms with van der Waals surface area (Å²) in [6, 6.07) is 3.78. The Morgan fingerprint density at radius 2 is 2.09 bits per heavy atom. The van der Waals surface area contributed by atoms with Crippen molar-refractivity contribution < 1.29 is 18.1 Å². The van der Waals surface area contributed by atoms with E-state index >= 15 is 0 Å². The zero-order valence-corrected chi connectivity index (χ0v) is 13.6. The largest absolute Gasteiger partial charge is 0.335 e. The van der Waals surface area contributed by atoms with Gasteiger partial charge in [0.2, 0.25) is 0 Å². The normalized spacial score (nSPS) is 23.2. The number of benzene rings is 1. The van der Waals surface area contributed by atoms with Crippen LogP contribution < -0.4 is 0 Å². The average Bonchev–Trinajstić information content (AvgIpc) is 2.72. The molecule has 0 aromatic heterocycles. The number of rotatable bonds is 3. The molecule has 2 rings (SSSR count). The maximum absolute atomic E-state index is 12.5. The van der Waals surface area contributed by atoms with Crippen molar-refractivity contribution in [2.75, 3.05) is 18.6 Å². The van der Waals surface area contributed by atoms with Crippen LogP contribution in [-0.2, 0) is 9.84 Å². The van der Waals surface area contributed by atoms with Gasteiger partial charge in [0.15, 0.2) is 9.84 Å². The third-order valence-electron chi connectivity index (χ3n) is 3.99. The van der Waals surface area contributed by atoms with Gasteiger partial charge in [-0.3, -0.25) is 14.9 Å². The number of hydrogen-bond acceptors (Lipinski definition) is 5. The molecule has 0 bridgehead atoms. The van der Waals surface area contributed by atoms with Gasteiger partial charge in [-0.2, -0.15) is 0 Å². The first kappa shape index (κ1) is 16.7. The summed E-state index contributed by atoms with van der Waals surface area (Å²) in [5.41, 5.74) is -1.07. The minimum absolute atomic E-state index is 0.0296. The fourth-order valence-corrected chi connectivity index (χ4v) is 4.85. The Bertz CT molecular complexity index is 749. The summed E-state index contributed by atoms with van der Waals surface area (Å²) in [6.45, 7) is 1.69. The monoisotopic (exact) mass is 346 g/mol. The fourth-order valence-electron chi connectivity index (χ4n) is 2.48. The highest BCUT2D eigenvalue weighted by Gasteiger charge is 2.43. The summed E-state index contributed by atoms with van der Waals surface area (Å²) in [4.78, 5) is 24.1. The molecule has 0 unspecified atom stereocenters. The van der Waals surface area contributed by atoms with Crippen LogP contribution >= 0.6 is 11.6 Å². The summed E-state index contributed by atoms with van der Waals surface area (Å²) in [5.74, 6) is -0.556. The van der Waals surface area contributed by atoms with Crippen LogP contribution in [-0.4, -0.2) is 48.2 Å². The van der Waals surface area contributed by atoms with E-state index in [1.807, 2.05) is 0 Å². The number of halogens is 1. The zero-order chi connectivity index (χ0) is 16.7. The van der Waals surface area contributed by atoms with Crippen LogP contribution in [0.15, 0.2) is 18.2 Å². The Morgan fingerprint density at radius 3 is 2.59 bits per heavy atom. The molecule has 1 aromatic rings. The lowest BCUT2D eigenvalue weighted by molar-refractivity contribution is -0.384. The van der Waals surface area contributed by atoms with E-state index in [0.29, 0.717) is 6.42 Å². The van der Waals surface area contributed by atoms with Crippen molar-refractivity contribution in [2.45, 2.75) is 18.9 Å². The summed E-state index contributed by atoms with van der Waals surface area (Å²) in [5, 5.41) is 10.8. The van der Waals surface area contributed by atoms with Crippen molar-refractivity contribution >= 4 is 33.0 Å². The van der Waals surface area contributed by atoms with E-state index in [1.54, 1.807) is 6.92 Å². The van der Waals surface area contributed by atoms with Crippen LogP contribution in [0, 0.1) is 10.1 Å². The molecular weight excluding hydrogens is 332 g/mol. The van der Waals surface area contributed by atoms with Crippen molar-refractivity contribution in [3.8, 4) is 0 Å². The van der Waals surface area contributed by atoms with Gasteiger partial charge in [-0.25, -0.2) is 8.42 Å². The molecule has 1 saturated heterocycles. The van der Waals surface area contributed by atoms with Gasteiger partial charge in [0, 0.05) is 18.7 Å². The zero-order valence-electron chi connectivity index (χ0n) is 12.1. The number of amides is 1. The molecule has 7 nitrogen and oxygen atoms in total. The molecule has 1 aliphatic rings. The molecular formula is C13H15ClN2O5S.